The summed E-state index contributed by atoms with van der Waals surface area (Å²) >= 11 is 0. The van der Waals surface area contributed by atoms with Crippen molar-refractivity contribution in [3.05, 3.63) is 60.7 Å². The van der Waals surface area contributed by atoms with Gasteiger partial charge < -0.3 is 14.2 Å². The van der Waals surface area contributed by atoms with Gasteiger partial charge in [0.05, 0.1) is 32.4 Å². The summed E-state index contributed by atoms with van der Waals surface area (Å²) in [6.45, 7) is 3.49. The molecule has 0 aromatic heterocycles. The van der Waals surface area contributed by atoms with E-state index in [2.05, 4.69) is 17.1 Å². The van der Waals surface area contributed by atoms with Gasteiger partial charge in [-0.2, -0.15) is 5.10 Å². The van der Waals surface area contributed by atoms with Gasteiger partial charge in [-0.05, 0) is 42.0 Å². The van der Waals surface area contributed by atoms with Gasteiger partial charge in [0.25, 0.3) is 5.91 Å². The molecule has 0 spiro atoms. The molecule has 0 aliphatic heterocycles. The second kappa shape index (κ2) is 11.0. The summed E-state index contributed by atoms with van der Waals surface area (Å²) in [7, 11) is -0.935. The van der Waals surface area contributed by atoms with Crippen LogP contribution in [0.25, 0.3) is 0 Å². The molecule has 0 saturated heterocycles. The number of hydrazone groups is 1. The van der Waals surface area contributed by atoms with E-state index in [1.165, 1.54) is 26.5 Å². The first-order chi connectivity index (χ1) is 14.8. The highest BCUT2D eigenvalue weighted by Crippen LogP contribution is 2.33. The minimum absolute atomic E-state index is 0.179. The standard InChI is InChI=1S/C21H25N3O6S/c1-5-12-30-17-8-6-16(7-9-17)14-22-23-21(25)15-24(31(4,26)27)19-13-18(28-2)10-11-20(19)29-3/h5-11,13-14H,1,12,15H2,2-4H3,(H,23,25)/b22-14-. The quantitative estimate of drug-likeness (QED) is 0.322. The maximum Gasteiger partial charge on any atom is 0.260 e. The minimum atomic E-state index is -3.80. The molecule has 166 valence electrons. The highest BCUT2D eigenvalue weighted by molar-refractivity contribution is 7.92. The molecule has 0 fully saturated rings. The highest BCUT2D eigenvalue weighted by Gasteiger charge is 2.24. The lowest BCUT2D eigenvalue weighted by molar-refractivity contribution is -0.119. The Balaban J connectivity index is 2.10. The second-order valence-electron chi connectivity index (χ2n) is 6.27. The van der Waals surface area contributed by atoms with Gasteiger partial charge in [-0.25, -0.2) is 13.8 Å². The maximum atomic E-state index is 12.4. The molecule has 9 nitrogen and oxygen atoms in total. The number of nitrogens with one attached hydrogen (secondary N) is 1. The van der Waals surface area contributed by atoms with Gasteiger partial charge in [0.15, 0.2) is 0 Å². The van der Waals surface area contributed by atoms with Gasteiger partial charge in [-0.15, -0.1) is 0 Å². The van der Waals surface area contributed by atoms with Crippen molar-refractivity contribution in [2.45, 2.75) is 0 Å². The molecule has 2 aromatic carbocycles. The number of hydrogen-bond acceptors (Lipinski definition) is 7. The van der Waals surface area contributed by atoms with Crippen LogP contribution in [0.2, 0.25) is 0 Å². The smallest absolute Gasteiger partial charge is 0.260 e. The molecule has 0 aliphatic rings. The van der Waals surface area contributed by atoms with Crippen LogP contribution in [0.4, 0.5) is 5.69 Å². The monoisotopic (exact) mass is 447 g/mol. The van der Waals surface area contributed by atoms with Crippen LogP contribution in [0.15, 0.2) is 60.2 Å². The van der Waals surface area contributed by atoms with Crippen LogP contribution in [0.1, 0.15) is 5.56 Å². The van der Waals surface area contributed by atoms with Gasteiger partial charge in [0, 0.05) is 6.07 Å². The number of sulfonamides is 1. The van der Waals surface area contributed by atoms with E-state index in [0.29, 0.717) is 18.1 Å². The normalized spacial score (nSPS) is 11.1. The lowest BCUT2D eigenvalue weighted by atomic mass is 10.2. The Labute approximate surface area is 182 Å². The Hall–Kier alpha value is -3.53. The van der Waals surface area contributed by atoms with Gasteiger partial charge in [-0.3, -0.25) is 9.10 Å². The van der Waals surface area contributed by atoms with Crippen LogP contribution < -0.4 is 23.9 Å². The molecule has 0 atom stereocenters. The molecule has 1 amide bonds. The molecule has 31 heavy (non-hydrogen) atoms. The number of nitrogens with zero attached hydrogens (tertiary/aromatic N) is 2. The predicted octanol–water partition coefficient (Wildman–Crippen LogP) is 2.18. The Bertz CT molecular complexity index is 1040. The second-order valence-corrected chi connectivity index (χ2v) is 8.18. The van der Waals surface area contributed by atoms with Gasteiger partial charge in [0.1, 0.15) is 30.4 Å². The largest absolute Gasteiger partial charge is 0.497 e. The Morgan fingerprint density at radius 3 is 2.39 bits per heavy atom. The zero-order valence-electron chi connectivity index (χ0n) is 17.6. The van der Waals surface area contributed by atoms with Crippen molar-refractivity contribution in [2.75, 3.05) is 37.9 Å². The number of carbonyl (C=O) groups excluding carboxylic acids is 1. The van der Waals surface area contributed by atoms with E-state index < -0.39 is 22.5 Å². The number of benzene rings is 2. The summed E-state index contributed by atoms with van der Waals surface area (Å²) in [5.74, 6) is 0.749. The third-order valence-corrected chi connectivity index (χ3v) is 5.12. The van der Waals surface area contributed by atoms with Crippen LogP contribution in [-0.2, 0) is 14.8 Å². The third kappa shape index (κ3) is 7.03. The molecule has 1 N–H and O–H groups in total. The van der Waals surface area contributed by atoms with Crippen molar-refractivity contribution in [1.29, 1.82) is 0 Å². The fourth-order valence-corrected chi connectivity index (χ4v) is 3.37. The Morgan fingerprint density at radius 1 is 1.13 bits per heavy atom. The zero-order valence-corrected chi connectivity index (χ0v) is 18.4. The molecule has 0 radical (unpaired) electrons. The summed E-state index contributed by atoms with van der Waals surface area (Å²) in [6.07, 6.45) is 4.08. The summed E-state index contributed by atoms with van der Waals surface area (Å²) < 4.78 is 41.4. The summed E-state index contributed by atoms with van der Waals surface area (Å²) in [6, 6.07) is 11.7. The van der Waals surface area contributed by atoms with E-state index in [9.17, 15) is 13.2 Å². The summed E-state index contributed by atoms with van der Waals surface area (Å²) in [4.78, 5) is 12.4. The van der Waals surface area contributed by atoms with E-state index >= 15 is 0 Å². The van der Waals surface area contributed by atoms with Crippen molar-refractivity contribution in [1.82, 2.24) is 5.43 Å². The number of anilines is 1. The average Bonchev–Trinajstić information content (AvgIpc) is 2.75. The van der Waals surface area contributed by atoms with E-state index in [0.717, 1.165) is 16.1 Å². The number of carbonyl (C=O) groups is 1. The maximum absolute atomic E-state index is 12.4. The number of methoxy groups -OCH3 is 2. The van der Waals surface area contributed by atoms with Gasteiger partial charge in [0.2, 0.25) is 10.0 Å². The summed E-state index contributed by atoms with van der Waals surface area (Å²) in [5, 5.41) is 3.88. The topological polar surface area (TPSA) is 107 Å². The van der Waals surface area contributed by atoms with E-state index in [-0.39, 0.29) is 11.4 Å². The molecule has 2 aromatic rings. The molecule has 0 aliphatic carbocycles. The lowest BCUT2D eigenvalue weighted by Gasteiger charge is -2.23. The Morgan fingerprint density at radius 2 is 1.81 bits per heavy atom. The first kappa shape index (κ1) is 23.7. The lowest BCUT2D eigenvalue weighted by Crippen LogP contribution is -2.39. The van der Waals surface area contributed by atoms with Crippen LogP contribution in [0.3, 0.4) is 0 Å². The SMILES string of the molecule is C=CCOc1ccc(/C=N\NC(=O)CN(c2cc(OC)ccc2OC)S(C)(=O)=O)cc1. The Kier molecular flexibility index (Phi) is 8.44. The molecule has 2 rings (SSSR count). The average molecular weight is 448 g/mol. The molecule has 0 bridgehead atoms. The van der Waals surface area contributed by atoms with Crippen LogP contribution in [-0.4, -0.2) is 54.2 Å². The fourth-order valence-electron chi connectivity index (χ4n) is 2.52. The van der Waals surface area contributed by atoms with Gasteiger partial charge in [-0.1, -0.05) is 12.7 Å². The van der Waals surface area contributed by atoms with Gasteiger partial charge >= 0.3 is 0 Å². The van der Waals surface area contributed by atoms with Crippen molar-refractivity contribution in [3.8, 4) is 17.2 Å². The van der Waals surface area contributed by atoms with Crippen molar-refractivity contribution >= 4 is 27.8 Å². The number of ether oxygens (including phenoxy) is 3. The molecule has 10 heteroatoms. The first-order valence-electron chi connectivity index (χ1n) is 9.14. The van der Waals surface area contributed by atoms with E-state index in [4.69, 9.17) is 14.2 Å². The van der Waals surface area contributed by atoms with Crippen LogP contribution >= 0.6 is 0 Å². The zero-order chi connectivity index (χ0) is 22.9. The van der Waals surface area contributed by atoms with Crippen molar-refractivity contribution in [2.24, 2.45) is 5.10 Å². The number of amides is 1. The van der Waals surface area contributed by atoms with E-state index in [1.54, 1.807) is 42.5 Å². The first-order valence-corrected chi connectivity index (χ1v) is 11.0. The van der Waals surface area contributed by atoms with Crippen molar-refractivity contribution < 1.29 is 27.4 Å². The fraction of sp³-hybridized carbons (Fsp3) is 0.238. The summed E-state index contributed by atoms with van der Waals surface area (Å²) in [5.41, 5.74) is 3.23. The molecule has 0 unspecified atom stereocenters. The number of rotatable bonds is 11. The highest BCUT2D eigenvalue weighted by atomic mass is 32.2. The van der Waals surface area contributed by atoms with Crippen LogP contribution in [0.5, 0.6) is 17.2 Å². The van der Waals surface area contributed by atoms with Crippen LogP contribution in [0, 0.1) is 0 Å². The molecule has 0 heterocycles. The number of hydrogen-bond donors (Lipinski definition) is 1. The minimum Gasteiger partial charge on any atom is -0.497 e. The third-order valence-electron chi connectivity index (χ3n) is 3.99. The molecule has 0 saturated carbocycles. The van der Waals surface area contributed by atoms with E-state index in [1.807, 2.05) is 0 Å². The van der Waals surface area contributed by atoms with Crippen molar-refractivity contribution in [3.63, 3.8) is 0 Å². The molecular formula is C21H25N3O6S. The predicted molar refractivity (Wildman–Crippen MR) is 120 cm³/mol. The molecular weight excluding hydrogens is 422 g/mol.